The first-order valence-corrected chi connectivity index (χ1v) is 8.21. The lowest BCUT2D eigenvalue weighted by Gasteiger charge is -2.40. The predicted octanol–water partition coefficient (Wildman–Crippen LogP) is 0.118. The summed E-state index contributed by atoms with van der Waals surface area (Å²) in [6.45, 7) is 3.24. The van der Waals surface area contributed by atoms with Crippen molar-refractivity contribution in [2.24, 2.45) is 0 Å². The van der Waals surface area contributed by atoms with Crippen LogP contribution in [0.1, 0.15) is 20.8 Å². The monoisotopic (exact) mass is 410 g/mol. The minimum absolute atomic E-state index is 0.0641. The molecule has 4 atom stereocenters. The average Bonchev–Trinajstić information content (AvgIpc) is 2.48. The van der Waals surface area contributed by atoms with Gasteiger partial charge in [-0.2, -0.15) is 0 Å². The zero-order chi connectivity index (χ0) is 18.3. The van der Waals surface area contributed by atoms with E-state index in [-0.39, 0.29) is 18.5 Å². The van der Waals surface area contributed by atoms with Crippen molar-refractivity contribution < 1.29 is 42.9 Å². The quantitative estimate of drug-likeness (QED) is 0.342. The van der Waals surface area contributed by atoms with Crippen LogP contribution in [0.3, 0.4) is 0 Å². The second kappa shape index (κ2) is 9.58. The van der Waals surface area contributed by atoms with Crippen LogP contribution in [0, 0.1) is 0 Å². The summed E-state index contributed by atoms with van der Waals surface area (Å²) in [5.41, 5.74) is 0. The van der Waals surface area contributed by atoms with Crippen LogP contribution >= 0.6 is 15.9 Å². The molecule has 0 aromatic rings. The maximum atomic E-state index is 11.5. The van der Waals surface area contributed by atoms with Crippen molar-refractivity contribution in [1.29, 1.82) is 0 Å². The number of hydrogen-bond donors (Lipinski definition) is 0. The molecule has 4 unspecified atom stereocenters. The first kappa shape index (κ1) is 20.4. The van der Waals surface area contributed by atoms with E-state index >= 15 is 0 Å². The smallest absolute Gasteiger partial charge is 0.317 e. The summed E-state index contributed by atoms with van der Waals surface area (Å²) in [7, 11) is 0. The van der Waals surface area contributed by atoms with Gasteiger partial charge in [0, 0.05) is 20.8 Å². The number of alkyl halides is 1. The molecule has 1 saturated heterocycles. The summed E-state index contributed by atoms with van der Waals surface area (Å²) in [5.74, 6) is -2.44. The van der Waals surface area contributed by atoms with Gasteiger partial charge in [0.15, 0.2) is 18.3 Å². The SMILES string of the molecule is CC(=O)OCC1OCC(OC(=O)CBr)C(OC(C)=O)C1OC(C)=O. The van der Waals surface area contributed by atoms with Crippen LogP contribution in [0.4, 0.5) is 0 Å². The maximum absolute atomic E-state index is 11.5. The second-order valence-electron chi connectivity index (χ2n) is 4.98. The second-order valence-corrected chi connectivity index (χ2v) is 5.55. The van der Waals surface area contributed by atoms with Crippen molar-refractivity contribution in [3.8, 4) is 0 Å². The third-order valence-corrected chi connectivity index (χ3v) is 3.44. The van der Waals surface area contributed by atoms with Gasteiger partial charge in [0.1, 0.15) is 18.0 Å². The zero-order valence-electron chi connectivity index (χ0n) is 13.5. The van der Waals surface area contributed by atoms with Gasteiger partial charge in [0.2, 0.25) is 0 Å². The molecule has 9 nitrogen and oxygen atoms in total. The van der Waals surface area contributed by atoms with E-state index in [4.69, 9.17) is 23.7 Å². The molecule has 0 radical (unpaired) electrons. The van der Waals surface area contributed by atoms with Crippen LogP contribution < -0.4 is 0 Å². The van der Waals surface area contributed by atoms with Crippen LogP contribution in [-0.4, -0.2) is 66.8 Å². The molecule has 0 aliphatic carbocycles. The molecule has 10 heteroatoms. The predicted molar refractivity (Wildman–Crippen MR) is 81.2 cm³/mol. The Hall–Kier alpha value is -1.68. The van der Waals surface area contributed by atoms with E-state index in [9.17, 15) is 19.2 Å². The molecule has 24 heavy (non-hydrogen) atoms. The van der Waals surface area contributed by atoms with Crippen molar-refractivity contribution in [2.45, 2.75) is 45.2 Å². The fourth-order valence-electron chi connectivity index (χ4n) is 2.14. The van der Waals surface area contributed by atoms with Crippen LogP contribution in [0.5, 0.6) is 0 Å². The van der Waals surface area contributed by atoms with E-state index in [0.29, 0.717) is 0 Å². The van der Waals surface area contributed by atoms with Crippen molar-refractivity contribution in [3.05, 3.63) is 0 Å². The molecule has 0 bridgehead atoms. The minimum Gasteiger partial charge on any atom is -0.463 e. The standard InChI is InChI=1S/C14H19BrO9/c1-7(16)20-5-10-13(22-8(2)17)14(23-9(3)18)11(6-21-10)24-12(19)4-15/h10-11,13-14H,4-6H2,1-3H3. The van der Waals surface area contributed by atoms with Crippen LogP contribution in [-0.2, 0) is 42.9 Å². The number of halogens is 1. The molecule has 0 saturated carbocycles. The Morgan fingerprint density at radius 3 is 2.04 bits per heavy atom. The van der Waals surface area contributed by atoms with Gasteiger partial charge in [0.05, 0.1) is 6.61 Å². The Labute approximate surface area is 147 Å². The third kappa shape index (κ3) is 6.44. The highest BCUT2D eigenvalue weighted by atomic mass is 79.9. The lowest BCUT2D eigenvalue weighted by Crippen LogP contribution is -2.58. The summed E-state index contributed by atoms with van der Waals surface area (Å²) < 4.78 is 25.8. The van der Waals surface area contributed by atoms with Crippen LogP contribution in [0.25, 0.3) is 0 Å². The lowest BCUT2D eigenvalue weighted by atomic mass is 9.99. The average molecular weight is 411 g/mol. The van der Waals surface area contributed by atoms with E-state index in [1.165, 1.54) is 20.8 Å². The molecule has 0 spiro atoms. The van der Waals surface area contributed by atoms with Crippen molar-refractivity contribution in [1.82, 2.24) is 0 Å². The van der Waals surface area contributed by atoms with Crippen LogP contribution in [0.15, 0.2) is 0 Å². The van der Waals surface area contributed by atoms with Gasteiger partial charge in [-0.1, -0.05) is 15.9 Å². The fourth-order valence-corrected chi connectivity index (χ4v) is 2.28. The van der Waals surface area contributed by atoms with Crippen molar-refractivity contribution >= 4 is 39.8 Å². The molecule has 0 aromatic heterocycles. The lowest BCUT2D eigenvalue weighted by molar-refractivity contribution is -0.231. The highest BCUT2D eigenvalue weighted by Gasteiger charge is 2.47. The normalized spacial score (nSPS) is 26.2. The highest BCUT2D eigenvalue weighted by molar-refractivity contribution is 9.09. The number of rotatable bonds is 6. The molecule has 0 amide bonds. The minimum atomic E-state index is -1.09. The van der Waals surface area contributed by atoms with Crippen LogP contribution in [0.2, 0.25) is 0 Å². The Balaban J connectivity index is 2.99. The van der Waals surface area contributed by atoms with E-state index in [0.717, 1.165) is 0 Å². The largest absolute Gasteiger partial charge is 0.463 e. The summed E-state index contributed by atoms with van der Waals surface area (Å²) in [4.78, 5) is 45.2. The van der Waals surface area contributed by atoms with Gasteiger partial charge >= 0.3 is 23.9 Å². The topological polar surface area (TPSA) is 114 Å². The number of hydrogen-bond acceptors (Lipinski definition) is 9. The Kier molecular flexibility index (Phi) is 8.13. The molecule has 1 fully saturated rings. The number of ether oxygens (including phenoxy) is 5. The fraction of sp³-hybridized carbons (Fsp3) is 0.714. The molecule has 0 aromatic carbocycles. The third-order valence-electron chi connectivity index (χ3n) is 2.98. The van der Waals surface area contributed by atoms with Crippen molar-refractivity contribution in [2.75, 3.05) is 18.5 Å². The zero-order valence-corrected chi connectivity index (χ0v) is 15.1. The number of carbonyl (C=O) groups is 4. The molecule has 0 N–H and O–H groups in total. The molecule has 1 heterocycles. The first-order valence-electron chi connectivity index (χ1n) is 7.09. The van der Waals surface area contributed by atoms with Gasteiger partial charge in [-0.25, -0.2) is 0 Å². The summed E-state index contributed by atoms with van der Waals surface area (Å²) in [5, 5.41) is -0.0641. The van der Waals surface area contributed by atoms with E-state index < -0.39 is 48.3 Å². The van der Waals surface area contributed by atoms with Gasteiger partial charge in [-0.15, -0.1) is 0 Å². The molecule has 1 rings (SSSR count). The van der Waals surface area contributed by atoms with Crippen molar-refractivity contribution in [3.63, 3.8) is 0 Å². The van der Waals surface area contributed by atoms with Gasteiger partial charge in [-0.05, 0) is 0 Å². The van der Waals surface area contributed by atoms with E-state index in [1.54, 1.807) is 0 Å². The van der Waals surface area contributed by atoms with E-state index in [1.807, 2.05) is 0 Å². The Morgan fingerprint density at radius 1 is 0.958 bits per heavy atom. The molecular formula is C14H19BrO9. The number of esters is 4. The first-order chi connectivity index (χ1) is 11.2. The Bertz CT molecular complexity index is 493. The van der Waals surface area contributed by atoms with E-state index in [2.05, 4.69) is 15.9 Å². The van der Waals surface area contributed by atoms with Gasteiger partial charge in [-0.3, -0.25) is 19.2 Å². The summed E-state index contributed by atoms with van der Waals surface area (Å²) in [6.07, 6.45) is -3.99. The molecule has 1 aliphatic rings. The van der Waals surface area contributed by atoms with Gasteiger partial charge in [0.25, 0.3) is 0 Å². The Morgan fingerprint density at radius 2 is 1.54 bits per heavy atom. The summed E-state index contributed by atoms with van der Waals surface area (Å²) >= 11 is 2.95. The highest BCUT2D eigenvalue weighted by Crippen LogP contribution is 2.25. The molecule has 136 valence electrons. The molecule has 1 aliphatic heterocycles. The molecular weight excluding hydrogens is 392 g/mol. The maximum Gasteiger partial charge on any atom is 0.317 e. The summed E-state index contributed by atoms with van der Waals surface area (Å²) in [6, 6.07) is 0. The van der Waals surface area contributed by atoms with Gasteiger partial charge < -0.3 is 23.7 Å². The number of carbonyl (C=O) groups excluding carboxylic acids is 4.